The van der Waals surface area contributed by atoms with Gasteiger partial charge in [-0.15, -0.1) is 0 Å². The molecule has 2 aromatic rings. The minimum atomic E-state index is 0.605. The van der Waals surface area contributed by atoms with Gasteiger partial charge in [-0.05, 0) is 36.8 Å². The van der Waals surface area contributed by atoms with E-state index in [1.807, 2.05) is 0 Å². The summed E-state index contributed by atoms with van der Waals surface area (Å²) < 4.78 is 0. The molecule has 0 saturated carbocycles. The molecular formula is C21H26N2. The van der Waals surface area contributed by atoms with Gasteiger partial charge < -0.3 is 0 Å². The Morgan fingerprint density at radius 2 is 1.09 bits per heavy atom. The van der Waals surface area contributed by atoms with Crippen molar-refractivity contribution in [3.8, 4) is 0 Å². The molecule has 0 unspecified atom stereocenters. The number of nitrogens with zero attached hydrogens (tertiary/aromatic N) is 2. The maximum Gasteiger partial charge on any atom is 0.0517 e. The molecule has 0 amide bonds. The standard InChI is InChI=1S/C21H26N2/c1-3-9-18(10-4-1)20-13-7-15-22(20)17-23-16-8-14-21(23)19-11-5-2-6-12-19/h1-6,9-12,20-21H,7-8,13-17H2/t20-,21-/m1/s1. The third-order valence-electron chi connectivity index (χ3n) is 5.46. The molecule has 2 heteroatoms. The van der Waals surface area contributed by atoms with Gasteiger partial charge in [-0.25, -0.2) is 0 Å². The number of likely N-dealkylation sites (tertiary alicyclic amines) is 2. The fraction of sp³-hybridized carbons (Fsp3) is 0.429. The van der Waals surface area contributed by atoms with Crippen LogP contribution in [0.25, 0.3) is 0 Å². The van der Waals surface area contributed by atoms with E-state index in [1.165, 1.54) is 49.9 Å². The molecule has 120 valence electrons. The van der Waals surface area contributed by atoms with E-state index < -0.39 is 0 Å². The summed E-state index contributed by atoms with van der Waals surface area (Å²) in [6.07, 6.45) is 5.24. The van der Waals surface area contributed by atoms with Crippen molar-refractivity contribution in [3.63, 3.8) is 0 Å². The molecule has 0 N–H and O–H groups in total. The van der Waals surface area contributed by atoms with E-state index in [0.29, 0.717) is 12.1 Å². The maximum absolute atomic E-state index is 2.69. The summed E-state index contributed by atoms with van der Waals surface area (Å²) in [5.74, 6) is 0. The molecule has 2 aromatic carbocycles. The van der Waals surface area contributed by atoms with Crippen molar-refractivity contribution in [2.24, 2.45) is 0 Å². The highest BCUT2D eigenvalue weighted by atomic mass is 15.3. The highest BCUT2D eigenvalue weighted by Crippen LogP contribution is 2.36. The van der Waals surface area contributed by atoms with Crippen molar-refractivity contribution in [1.29, 1.82) is 0 Å². The topological polar surface area (TPSA) is 6.48 Å². The largest absolute Gasteiger partial charge is 0.283 e. The second-order valence-electron chi connectivity index (χ2n) is 6.90. The van der Waals surface area contributed by atoms with Crippen LogP contribution < -0.4 is 0 Å². The summed E-state index contributed by atoms with van der Waals surface area (Å²) in [6, 6.07) is 23.3. The van der Waals surface area contributed by atoms with Crippen LogP contribution in [-0.2, 0) is 0 Å². The van der Waals surface area contributed by atoms with Gasteiger partial charge >= 0.3 is 0 Å². The summed E-state index contributed by atoms with van der Waals surface area (Å²) in [4.78, 5) is 5.38. The van der Waals surface area contributed by atoms with Crippen molar-refractivity contribution in [2.45, 2.75) is 37.8 Å². The van der Waals surface area contributed by atoms with Gasteiger partial charge in [0.2, 0.25) is 0 Å². The molecule has 23 heavy (non-hydrogen) atoms. The molecule has 2 saturated heterocycles. The Bertz CT molecular complexity index is 555. The summed E-state index contributed by atoms with van der Waals surface area (Å²) in [6.45, 7) is 3.58. The Balaban J connectivity index is 1.48. The fourth-order valence-electron chi connectivity index (χ4n) is 4.33. The van der Waals surface area contributed by atoms with E-state index in [2.05, 4.69) is 70.5 Å². The molecule has 0 spiro atoms. The number of benzene rings is 2. The van der Waals surface area contributed by atoms with Gasteiger partial charge in [0.25, 0.3) is 0 Å². The zero-order chi connectivity index (χ0) is 15.5. The lowest BCUT2D eigenvalue weighted by Crippen LogP contribution is -2.37. The fourth-order valence-corrected chi connectivity index (χ4v) is 4.33. The molecule has 0 radical (unpaired) electrons. The van der Waals surface area contributed by atoms with Crippen LogP contribution in [0.4, 0.5) is 0 Å². The van der Waals surface area contributed by atoms with Crippen LogP contribution in [-0.4, -0.2) is 29.6 Å². The minimum Gasteiger partial charge on any atom is -0.283 e. The number of hydrogen-bond acceptors (Lipinski definition) is 2. The van der Waals surface area contributed by atoms with Gasteiger partial charge in [0, 0.05) is 25.2 Å². The second kappa shape index (κ2) is 6.86. The second-order valence-corrected chi connectivity index (χ2v) is 6.90. The van der Waals surface area contributed by atoms with Crippen molar-refractivity contribution in [3.05, 3.63) is 71.8 Å². The normalized spacial score (nSPS) is 25.9. The van der Waals surface area contributed by atoms with Crippen molar-refractivity contribution in [1.82, 2.24) is 9.80 Å². The quantitative estimate of drug-likeness (QED) is 0.813. The summed E-state index contributed by atoms with van der Waals surface area (Å²) in [7, 11) is 0. The third-order valence-corrected chi connectivity index (χ3v) is 5.46. The smallest absolute Gasteiger partial charge is 0.0517 e. The van der Waals surface area contributed by atoms with Crippen LogP contribution in [0.3, 0.4) is 0 Å². The van der Waals surface area contributed by atoms with Gasteiger partial charge in [0.1, 0.15) is 0 Å². The predicted octanol–water partition coefficient (Wildman–Crippen LogP) is 4.62. The van der Waals surface area contributed by atoms with E-state index in [0.717, 1.165) is 6.67 Å². The van der Waals surface area contributed by atoms with Crippen molar-refractivity contribution in [2.75, 3.05) is 19.8 Å². The Kier molecular flexibility index (Phi) is 4.45. The lowest BCUT2D eigenvalue weighted by atomic mass is 10.0. The SMILES string of the molecule is c1ccc([C@H]2CCCN2CN2CCC[C@@H]2c2ccccc2)cc1. The molecule has 0 aromatic heterocycles. The first-order chi connectivity index (χ1) is 11.4. The van der Waals surface area contributed by atoms with Crippen molar-refractivity contribution < 1.29 is 0 Å². The molecule has 2 aliphatic heterocycles. The monoisotopic (exact) mass is 306 g/mol. The van der Waals surface area contributed by atoms with Crippen LogP contribution in [0.5, 0.6) is 0 Å². The molecule has 2 heterocycles. The molecular weight excluding hydrogens is 280 g/mol. The lowest BCUT2D eigenvalue weighted by molar-refractivity contribution is 0.111. The van der Waals surface area contributed by atoms with Crippen LogP contribution in [0.1, 0.15) is 48.9 Å². The highest BCUT2D eigenvalue weighted by Gasteiger charge is 2.32. The van der Waals surface area contributed by atoms with Gasteiger partial charge in [-0.2, -0.15) is 0 Å². The van der Waals surface area contributed by atoms with E-state index in [-0.39, 0.29) is 0 Å². The van der Waals surface area contributed by atoms with Gasteiger partial charge in [0.15, 0.2) is 0 Å². The molecule has 0 bridgehead atoms. The first-order valence-electron chi connectivity index (χ1n) is 9.00. The Morgan fingerprint density at radius 3 is 1.52 bits per heavy atom. The molecule has 2 fully saturated rings. The van der Waals surface area contributed by atoms with Crippen LogP contribution in [0.15, 0.2) is 60.7 Å². The Hall–Kier alpha value is -1.64. The van der Waals surface area contributed by atoms with E-state index in [4.69, 9.17) is 0 Å². The first-order valence-corrected chi connectivity index (χ1v) is 9.00. The van der Waals surface area contributed by atoms with Gasteiger partial charge in [0.05, 0.1) is 6.67 Å². The molecule has 4 rings (SSSR count). The molecule has 2 nitrogen and oxygen atoms in total. The lowest BCUT2D eigenvalue weighted by Gasteiger charge is -2.33. The predicted molar refractivity (Wildman–Crippen MR) is 95.1 cm³/mol. The Morgan fingerprint density at radius 1 is 0.652 bits per heavy atom. The first kappa shape index (κ1) is 14.9. The van der Waals surface area contributed by atoms with E-state index >= 15 is 0 Å². The number of hydrogen-bond donors (Lipinski definition) is 0. The number of rotatable bonds is 4. The Labute approximate surface area is 139 Å². The zero-order valence-corrected chi connectivity index (χ0v) is 13.8. The molecule has 2 atom stereocenters. The summed E-state index contributed by atoms with van der Waals surface area (Å²) >= 11 is 0. The minimum absolute atomic E-state index is 0.605. The van der Waals surface area contributed by atoms with Crippen LogP contribution >= 0.6 is 0 Å². The maximum atomic E-state index is 2.69. The molecule has 2 aliphatic rings. The van der Waals surface area contributed by atoms with E-state index in [1.54, 1.807) is 0 Å². The summed E-state index contributed by atoms with van der Waals surface area (Å²) in [5, 5.41) is 0. The van der Waals surface area contributed by atoms with Crippen molar-refractivity contribution >= 4 is 0 Å². The average molecular weight is 306 g/mol. The summed E-state index contributed by atoms with van der Waals surface area (Å²) in [5.41, 5.74) is 2.97. The van der Waals surface area contributed by atoms with Crippen LogP contribution in [0.2, 0.25) is 0 Å². The highest BCUT2D eigenvalue weighted by molar-refractivity contribution is 5.21. The van der Waals surface area contributed by atoms with E-state index in [9.17, 15) is 0 Å². The van der Waals surface area contributed by atoms with Gasteiger partial charge in [-0.3, -0.25) is 9.80 Å². The van der Waals surface area contributed by atoms with Gasteiger partial charge in [-0.1, -0.05) is 60.7 Å². The average Bonchev–Trinajstić information content (AvgIpc) is 3.26. The molecule has 0 aliphatic carbocycles. The van der Waals surface area contributed by atoms with Crippen LogP contribution in [0, 0.1) is 0 Å². The zero-order valence-electron chi connectivity index (χ0n) is 13.8. The third kappa shape index (κ3) is 3.19.